The van der Waals surface area contributed by atoms with Crippen molar-refractivity contribution in [1.29, 1.82) is 5.26 Å². The summed E-state index contributed by atoms with van der Waals surface area (Å²) in [6.45, 7) is 2.88. The molecule has 0 aliphatic rings. The topological polar surface area (TPSA) is 108 Å². The van der Waals surface area contributed by atoms with Gasteiger partial charge in [-0.05, 0) is 31.0 Å². The van der Waals surface area contributed by atoms with Crippen molar-refractivity contribution in [2.24, 2.45) is 5.92 Å². The molecule has 0 aliphatic heterocycles. The van der Waals surface area contributed by atoms with Crippen LogP contribution < -0.4 is 10.6 Å². The molecule has 2 amide bonds. The standard InChI is InChI=1S/C18H22FN3O4/c1-11(10-20)8-16(18(25)26-3)22-17(24)15(21-12(2)23)9-13-4-6-14(19)7-5-13/h4-7,11,15-16H,8-9H2,1-3H3,(H,21,23)(H,22,24)/t11-,15-,16+/m0/s1. The van der Waals surface area contributed by atoms with Crippen LogP contribution in [0.4, 0.5) is 4.39 Å². The summed E-state index contributed by atoms with van der Waals surface area (Å²) in [5, 5.41) is 13.9. The van der Waals surface area contributed by atoms with Crippen molar-refractivity contribution in [2.75, 3.05) is 7.11 Å². The van der Waals surface area contributed by atoms with Crippen molar-refractivity contribution in [2.45, 2.75) is 38.8 Å². The molecule has 3 atom stereocenters. The summed E-state index contributed by atoms with van der Waals surface area (Å²) < 4.78 is 17.7. The first kappa shape index (κ1) is 21.1. The highest BCUT2D eigenvalue weighted by Gasteiger charge is 2.28. The molecule has 140 valence electrons. The van der Waals surface area contributed by atoms with Gasteiger partial charge in [-0.3, -0.25) is 9.59 Å². The smallest absolute Gasteiger partial charge is 0.328 e. The number of rotatable bonds is 8. The van der Waals surface area contributed by atoms with E-state index in [0.29, 0.717) is 5.56 Å². The van der Waals surface area contributed by atoms with Gasteiger partial charge in [0.25, 0.3) is 0 Å². The van der Waals surface area contributed by atoms with Crippen LogP contribution in [-0.2, 0) is 25.5 Å². The van der Waals surface area contributed by atoms with Gasteiger partial charge in [-0.2, -0.15) is 5.26 Å². The number of amides is 2. The number of methoxy groups -OCH3 is 1. The Bertz CT molecular complexity index is 685. The molecule has 0 radical (unpaired) electrons. The minimum absolute atomic E-state index is 0.0816. The third-order valence-corrected chi connectivity index (χ3v) is 3.66. The maximum Gasteiger partial charge on any atom is 0.328 e. The number of halogens is 1. The second-order valence-electron chi connectivity index (χ2n) is 5.93. The normalized spacial score (nSPS) is 13.7. The lowest BCUT2D eigenvalue weighted by molar-refractivity contribution is -0.145. The minimum atomic E-state index is -1.01. The molecule has 1 aromatic carbocycles. The molecular formula is C18H22FN3O4. The van der Waals surface area contributed by atoms with Crippen molar-refractivity contribution in [3.05, 3.63) is 35.6 Å². The molecule has 0 aliphatic carbocycles. The maximum atomic E-state index is 13.0. The molecule has 0 spiro atoms. The van der Waals surface area contributed by atoms with E-state index in [4.69, 9.17) is 5.26 Å². The highest BCUT2D eigenvalue weighted by Crippen LogP contribution is 2.09. The maximum absolute atomic E-state index is 13.0. The van der Waals surface area contributed by atoms with E-state index in [-0.39, 0.29) is 12.8 Å². The molecule has 1 rings (SSSR count). The Labute approximate surface area is 151 Å². The van der Waals surface area contributed by atoms with Crippen molar-refractivity contribution in [1.82, 2.24) is 10.6 Å². The average molecular weight is 363 g/mol. The van der Waals surface area contributed by atoms with E-state index in [1.54, 1.807) is 6.92 Å². The van der Waals surface area contributed by atoms with Crippen LogP contribution in [0.2, 0.25) is 0 Å². The Kier molecular flexibility index (Phi) is 8.22. The van der Waals surface area contributed by atoms with Gasteiger partial charge in [-0.1, -0.05) is 12.1 Å². The first-order valence-corrected chi connectivity index (χ1v) is 8.06. The lowest BCUT2D eigenvalue weighted by atomic mass is 10.0. The summed E-state index contributed by atoms with van der Waals surface area (Å²) >= 11 is 0. The van der Waals surface area contributed by atoms with Crippen LogP contribution in [0, 0.1) is 23.1 Å². The molecule has 0 fully saturated rings. The predicted molar refractivity (Wildman–Crippen MR) is 91.0 cm³/mol. The number of carbonyl (C=O) groups is 3. The number of nitriles is 1. The number of ether oxygens (including phenoxy) is 1. The van der Waals surface area contributed by atoms with E-state index in [0.717, 1.165) is 0 Å². The van der Waals surface area contributed by atoms with Crippen molar-refractivity contribution in [3.63, 3.8) is 0 Å². The van der Waals surface area contributed by atoms with Gasteiger partial charge in [0.2, 0.25) is 11.8 Å². The fourth-order valence-corrected chi connectivity index (χ4v) is 2.35. The highest BCUT2D eigenvalue weighted by molar-refractivity contribution is 5.90. The summed E-state index contributed by atoms with van der Waals surface area (Å²) in [5.41, 5.74) is 0.639. The molecule has 7 nitrogen and oxygen atoms in total. The van der Waals surface area contributed by atoms with Gasteiger partial charge in [0.1, 0.15) is 17.9 Å². The van der Waals surface area contributed by atoms with Gasteiger partial charge in [0.15, 0.2) is 0 Å². The van der Waals surface area contributed by atoms with Crippen molar-refractivity contribution < 1.29 is 23.5 Å². The summed E-state index contributed by atoms with van der Waals surface area (Å²) in [5.74, 6) is -2.58. The Balaban J connectivity index is 2.91. The van der Waals surface area contributed by atoms with E-state index in [2.05, 4.69) is 15.4 Å². The minimum Gasteiger partial charge on any atom is -0.467 e. The first-order chi connectivity index (χ1) is 12.3. The summed E-state index contributed by atoms with van der Waals surface area (Å²) in [7, 11) is 1.18. The number of nitrogens with one attached hydrogen (secondary N) is 2. The summed E-state index contributed by atoms with van der Waals surface area (Å²) in [6.07, 6.45) is 0.200. The molecule has 0 heterocycles. The Morgan fingerprint density at radius 3 is 2.31 bits per heavy atom. The van der Waals surface area contributed by atoms with E-state index < -0.39 is 41.6 Å². The van der Waals surface area contributed by atoms with Gasteiger partial charge in [0.05, 0.1) is 13.2 Å². The monoisotopic (exact) mass is 363 g/mol. The van der Waals surface area contributed by atoms with Gasteiger partial charge in [-0.15, -0.1) is 0 Å². The molecule has 0 bridgehead atoms. The largest absolute Gasteiger partial charge is 0.467 e. The Hall–Kier alpha value is -2.95. The van der Waals surface area contributed by atoms with E-state index >= 15 is 0 Å². The molecule has 2 N–H and O–H groups in total. The number of esters is 1. The van der Waals surface area contributed by atoms with Crippen LogP contribution in [-0.4, -0.2) is 37.0 Å². The second kappa shape index (κ2) is 10.1. The van der Waals surface area contributed by atoms with Crippen LogP contribution in [0.15, 0.2) is 24.3 Å². The fourth-order valence-electron chi connectivity index (χ4n) is 2.35. The third kappa shape index (κ3) is 6.89. The summed E-state index contributed by atoms with van der Waals surface area (Å²) in [6, 6.07) is 5.55. The average Bonchev–Trinajstić information content (AvgIpc) is 2.61. The zero-order valence-electron chi connectivity index (χ0n) is 14.9. The highest BCUT2D eigenvalue weighted by atomic mass is 19.1. The Morgan fingerprint density at radius 2 is 1.81 bits per heavy atom. The van der Waals surface area contributed by atoms with Crippen LogP contribution in [0.5, 0.6) is 0 Å². The second-order valence-corrected chi connectivity index (χ2v) is 5.93. The molecule has 0 saturated heterocycles. The van der Waals surface area contributed by atoms with Gasteiger partial charge in [-0.25, -0.2) is 9.18 Å². The molecule has 1 aromatic rings. The van der Waals surface area contributed by atoms with Gasteiger partial charge in [0, 0.05) is 19.3 Å². The molecule has 0 saturated carbocycles. The fraction of sp³-hybridized carbons (Fsp3) is 0.444. The quantitative estimate of drug-likeness (QED) is 0.672. The predicted octanol–water partition coefficient (Wildman–Crippen LogP) is 1.08. The number of hydrogen-bond acceptors (Lipinski definition) is 5. The van der Waals surface area contributed by atoms with Crippen LogP contribution in [0.1, 0.15) is 25.8 Å². The van der Waals surface area contributed by atoms with Gasteiger partial charge >= 0.3 is 5.97 Å². The van der Waals surface area contributed by atoms with Crippen LogP contribution >= 0.6 is 0 Å². The van der Waals surface area contributed by atoms with E-state index in [9.17, 15) is 18.8 Å². The molecule has 0 aromatic heterocycles. The van der Waals surface area contributed by atoms with Crippen molar-refractivity contribution >= 4 is 17.8 Å². The Morgan fingerprint density at radius 1 is 1.19 bits per heavy atom. The molecular weight excluding hydrogens is 341 g/mol. The van der Waals surface area contributed by atoms with Crippen LogP contribution in [0.3, 0.4) is 0 Å². The zero-order chi connectivity index (χ0) is 19.7. The number of carbonyl (C=O) groups excluding carboxylic acids is 3. The van der Waals surface area contributed by atoms with E-state index in [1.807, 2.05) is 6.07 Å². The first-order valence-electron chi connectivity index (χ1n) is 8.06. The SMILES string of the molecule is COC(=O)[C@@H](C[C@H](C)C#N)NC(=O)[C@H](Cc1ccc(F)cc1)NC(C)=O. The molecule has 0 unspecified atom stereocenters. The number of benzene rings is 1. The van der Waals surface area contributed by atoms with Gasteiger partial charge < -0.3 is 15.4 Å². The molecule has 26 heavy (non-hydrogen) atoms. The summed E-state index contributed by atoms with van der Waals surface area (Å²) in [4.78, 5) is 35.8. The zero-order valence-corrected chi connectivity index (χ0v) is 14.9. The van der Waals surface area contributed by atoms with E-state index in [1.165, 1.54) is 38.3 Å². The lowest BCUT2D eigenvalue weighted by Crippen LogP contribution is -2.52. The lowest BCUT2D eigenvalue weighted by Gasteiger charge is -2.22. The van der Waals surface area contributed by atoms with Crippen LogP contribution in [0.25, 0.3) is 0 Å². The molecule has 8 heteroatoms. The number of hydrogen-bond donors (Lipinski definition) is 2. The van der Waals surface area contributed by atoms with Crippen molar-refractivity contribution in [3.8, 4) is 6.07 Å². The third-order valence-electron chi connectivity index (χ3n) is 3.66. The number of nitrogens with zero attached hydrogens (tertiary/aromatic N) is 1.